The summed E-state index contributed by atoms with van der Waals surface area (Å²) < 4.78 is 11.0. The van der Waals surface area contributed by atoms with E-state index in [1.54, 1.807) is 38.5 Å². The number of aromatic nitrogens is 2. The van der Waals surface area contributed by atoms with Crippen molar-refractivity contribution in [1.29, 1.82) is 0 Å². The average molecular weight is 568 g/mol. The number of likely N-dealkylation sites (N-methyl/N-ethyl adjacent to an activating group) is 1. The van der Waals surface area contributed by atoms with Crippen molar-refractivity contribution in [3.8, 4) is 11.5 Å². The van der Waals surface area contributed by atoms with Crippen molar-refractivity contribution in [2.24, 2.45) is 0 Å². The fourth-order valence-electron chi connectivity index (χ4n) is 4.99. The Morgan fingerprint density at radius 1 is 0.881 bits per heavy atom. The van der Waals surface area contributed by atoms with Gasteiger partial charge in [0.05, 0.1) is 19.9 Å². The van der Waals surface area contributed by atoms with Gasteiger partial charge in [-0.15, -0.1) is 0 Å². The highest BCUT2D eigenvalue weighted by atomic mass is 16.5. The van der Waals surface area contributed by atoms with Crippen LogP contribution in [0.1, 0.15) is 11.1 Å². The minimum Gasteiger partial charge on any atom is -0.497 e. The van der Waals surface area contributed by atoms with E-state index < -0.39 is 6.03 Å². The topological polar surface area (TPSA) is 95.1 Å². The van der Waals surface area contributed by atoms with Crippen LogP contribution >= 0.6 is 0 Å². The second-order valence-corrected chi connectivity index (χ2v) is 10.3. The van der Waals surface area contributed by atoms with Gasteiger partial charge in [0, 0.05) is 55.4 Å². The first-order valence-corrected chi connectivity index (χ1v) is 13.9. The number of ether oxygens (including phenoxy) is 2. The van der Waals surface area contributed by atoms with Gasteiger partial charge < -0.3 is 29.9 Å². The van der Waals surface area contributed by atoms with E-state index in [1.165, 1.54) is 16.9 Å². The lowest BCUT2D eigenvalue weighted by atomic mass is 10.1. The Bertz CT molecular complexity index is 1520. The van der Waals surface area contributed by atoms with Crippen LogP contribution in [0.2, 0.25) is 0 Å². The molecule has 1 saturated heterocycles. The Labute approximate surface area is 246 Å². The number of amides is 2. The lowest BCUT2D eigenvalue weighted by Crippen LogP contribution is -2.44. The molecule has 5 rings (SSSR count). The number of methoxy groups -OCH3 is 2. The summed E-state index contributed by atoms with van der Waals surface area (Å²) in [5.41, 5.74) is 5.23. The van der Waals surface area contributed by atoms with Gasteiger partial charge in [-0.3, -0.25) is 0 Å². The highest BCUT2D eigenvalue weighted by Crippen LogP contribution is 2.37. The van der Waals surface area contributed by atoms with E-state index in [2.05, 4.69) is 49.6 Å². The fraction of sp³-hybridized carbons (Fsp3) is 0.281. The van der Waals surface area contributed by atoms with Crippen molar-refractivity contribution < 1.29 is 14.3 Å². The highest BCUT2D eigenvalue weighted by Gasteiger charge is 2.25. The molecule has 0 spiro atoms. The van der Waals surface area contributed by atoms with E-state index in [0.717, 1.165) is 48.7 Å². The number of hydrogen-bond donors (Lipinski definition) is 2. The molecule has 2 amide bonds. The first-order chi connectivity index (χ1) is 20.4. The molecule has 1 aliphatic heterocycles. The number of carbonyl (C=O) groups is 1. The third kappa shape index (κ3) is 6.39. The number of piperazine rings is 1. The lowest BCUT2D eigenvalue weighted by Gasteiger charge is -2.34. The number of hydrogen-bond acceptors (Lipinski definition) is 8. The Kier molecular flexibility index (Phi) is 8.73. The first kappa shape index (κ1) is 28.7. The predicted octanol–water partition coefficient (Wildman–Crippen LogP) is 5.98. The third-order valence-corrected chi connectivity index (χ3v) is 7.43. The Morgan fingerprint density at radius 2 is 1.60 bits per heavy atom. The fourth-order valence-corrected chi connectivity index (χ4v) is 4.99. The molecular formula is C32H37N7O3. The summed E-state index contributed by atoms with van der Waals surface area (Å²) in [7, 11) is 5.29. The highest BCUT2D eigenvalue weighted by molar-refractivity contribution is 6.08. The standard InChI is InChI=1S/C32H37N7O3/c1-22-7-6-8-23(2)31(22)36-32(40)39(27-14-13-26(41-4)19-28(27)42-5)30-20-29(33-21-34-30)35-24-9-11-25(12-10-24)38-17-15-37(3)16-18-38/h6-14,19-21H,15-18H2,1-5H3,(H,36,40)(H,33,34,35). The molecule has 2 heterocycles. The zero-order chi connectivity index (χ0) is 29.6. The molecular weight excluding hydrogens is 530 g/mol. The number of carbonyl (C=O) groups excluding carboxylic acids is 1. The Balaban J connectivity index is 1.45. The minimum absolute atomic E-state index is 0.369. The lowest BCUT2D eigenvalue weighted by molar-refractivity contribution is 0.258. The van der Waals surface area contributed by atoms with Gasteiger partial charge in [-0.2, -0.15) is 0 Å². The largest absolute Gasteiger partial charge is 0.497 e. The molecule has 0 aliphatic carbocycles. The molecule has 218 valence electrons. The molecule has 0 bridgehead atoms. The number of aryl methyl sites for hydroxylation is 2. The van der Waals surface area contributed by atoms with Crippen molar-refractivity contribution in [2.45, 2.75) is 13.8 Å². The summed E-state index contributed by atoms with van der Waals surface area (Å²) in [5.74, 6) is 1.98. The minimum atomic E-state index is -0.392. The first-order valence-electron chi connectivity index (χ1n) is 13.9. The van der Waals surface area contributed by atoms with Crippen molar-refractivity contribution in [3.63, 3.8) is 0 Å². The van der Waals surface area contributed by atoms with Gasteiger partial charge in [0.2, 0.25) is 0 Å². The maximum Gasteiger partial charge on any atom is 0.332 e. The van der Waals surface area contributed by atoms with Crippen molar-refractivity contribution in [3.05, 3.63) is 84.2 Å². The van der Waals surface area contributed by atoms with Crippen LogP contribution in [0.25, 0.3) is 0 Å². The monoisotopic (exact) mass is 567 g/mol. The van der Waals surface area contributed by atoms with Crippen LogP contribution < -0.4 is 29.9 Å². The van der Waals surface area contributed by atoms with Crippen LogP contribution in [0, 0.1) is 13.8 Å². The summed E-state index contributed by atoms with van der Waals surface area (Å²) in [6.45, 7) is 8.04. The van der Waals surface area contributed by atoms with E-state index in [-0.39, 0.29) is 0 Å². The van der Waals surface area contributed by atoms with E-state index in [1.807, 2.05) is 44.2 Å². The number of rotatable bonds is 8. The predicted molar refractivity (Wildman–Crippen MR) is 168 cm³/mol. The van der Waals surface area contributed by atoms with Gasteiger partial charge >= 0.3 is 6.03 Å². The Morgan fingerprint density at radius 3 is 2.26 bits per heavy atom. The van der Waals surface area contributed by atoms with Gasteiger partial charge in [-0.25, -0.2) is 19.7 Å². The molecule has 2 N–H and O–H groups in total. The molecule has 0 saturated carbocycles. The van der Waals surface area contributed by atoms with E-state index in [9.17, 15) is 4.79 Å². The average Bonchev–Trinajstić information content (AvgIpc) is 3.00. The van der Waals surface area contributed by atoms with Crippen LogP contribution in [-0.4, -0.2) is 68.3 Å². The zero-order valence-electron chi connectivity index (χ0n) is 24.7. The van der Waals surface area contributed by atoms with Crippen molar-refractivity contribution in [2.75, 3.05) is 67.9 Å². The zero-order valence-corrected chi connectivity index (χ0v) is 24.7. The van der Waals surface area contributed by atoms with Gasteiger partial charge in [-0.1, -0.05) is 18.2 Å². The van der Waals surface area contributed by atoms with Crippen LogP contribution in [0.4, 0.5) is 39.2 Å². The van der Waals surface area contributed by atoms with E-state index >= 15 is 0 Å². The van der Waals surface area contributed by atoms with Gasteiger partial charge in [-0.05, 0) is 68.4 Å². The molecule has 42 heavy (non-hydrogen) atoms. The molecule has 1 aromatic heterocycles. The molecule has 4 aromatic rings. The molecule has 0 atom stereocenters. The molecule has 10 heteroatoms. The molecule has 1 fully saturated rings. The van der Waals surface area contributed by atoms with E-state index in [4.69, 9.17) is 9.47 Å². The molecule has 1 aliphatic rings. The number of urea groups is 1. The summed E-state index contributed by atoms with van der Waals surface area (Å²) in [4.78, 5) is 29.1. The van der Waals surface area contributed by atoms with Crippen molar-refractivity contribution in [1.82, 2.24) is 14.9 Å². The molecule has 0 unspecified atom stereocenters. The summed E-state index contributed by atoms with van der Waals surface area (Å²) in [5, 5.41) is 6.43. The Hall–Kier alpha value is -4.83. The summed E-state index contributed by atoms with van der Waals surface area (Å²) in [6.07, 6.45) is 1.44. The second kappa shape index (κ2) is 12.8. The maximum atomic E-state index is 14.0. The number of anilines is 6. The van der Waals surface area contributed by atoms with Crippen molar-refractivity contribution >= 4 is 40.4 Å². The molecule has 0 radical (unpaired) electrons. The van der Waals surface area contributed by atoms with Crippen LogP contribution in [0.5, 0.6) is 11.5 Å². The second-order valence-electron chi connectivity index (χ2n) is 10.3. The number of benzene rings is 3. The van der Waals surface area contributed by atoms with Crippen LogP contribution in [0.3, 0.4) is 0 Å². The SMILES string of the molecule is COc1ccc(N(C(=O)Nc2c(C)cccc2C)c2cc(Nc3ccc(N4CCN(C)CC4)cc3)ncn2)c(OC)c1. The summed E-state index contributed by atoms with van der Waals surface area (Å²) >= 11 is 0. The van der Waals surface area contributed by atoms with E-state index in [0.29, 0.717) is 28.8 Å². The number of nitrogens with zero attached hydrogens (tertiary/aromatic N) is 5. The maximum absolute atomic E-state index is 14.0. The number of nitrogens with one attached hydrogen (secondary N) is 2. The molecule has 10 nitrogen and oxygen atoms in total. The van der Waals surface area contributed by atoms with Gasteiger partial charge in [0.15, 0.2) is 0 Å². The smallest absolute Gasteiger partial charge is 0.332 e. The van der Waals surface area contributed by atoms with Gasteiger partial charge in [0.25, 0.3) is 0 Å². The molecule has 3 aromatic carbocycles. The summed E-state index contributed by atoms with van der Waals surface area (Å²) in [6, 6.07) is 20.8. The number of para-hydroxylation sites is 1. The normalized spacial score (nSPS) is 13.4. The quantitative estimate of drug-likeness (QED) is 0.269. The van der Waals surface area contributed by atoms with Gasteiger partial charge in [0.1, 0.15) is 29.5 Å². The third-order valence-electron chi connectivity index (χ3n) is 7.43. The van der Waals surface area contributed by atoms with Crippen LogP contribution in [-0.2, 0) is 0 Å². The van der Waals surface area contributed by atoms with Crippen LogP contribution in [0.15, 0.2) is 73.1 Å².